The van der Waals surface area contributed by atoms with E-state index in [1.807, 2.05) is 0 Å². The van der Waals surface area contributed by atoms with Gasteiger partial charge in [0.2, 0.25) is 0 Å². The SMILES string of the molecule is CC1=C[C@@H](C)C(C)(C)[C@@H]1C. The molecule has 1 aliphatic carbocycles. The molecule has 0 saturated heterocycles. The van der Waals surface area contributed by atoms with Crippen LogP contribution in [0.5, 0.6) is 0 Å². The third-order valence-electron chi connectivity index (χ3n) is 3.49. The standard InChI is InChI=1S/C10H18/c1-7-6-8(2)10(4,5)9(7)3/h6,8-9H,1-5H3/t8-,9-/m1/s1. The first-order chi connectivity index (χ1) is 4.46. The van der Waals surface area contributed by atoms with Crippen LogP contribution in [0.1, 0.15) is 34.6 Å². The molecule has 2 atom stereocenters. The second kappa shape index (κ2) is 2.11. The van der Waals surface area contributed by atoms with Crippen molar-refractivity contribution in [2.24, 2.45) is 17.3 Å². The lowest BCUT2D eigenvalue weighted by Crippen LogP contribution is -2.22. The van der Waals surface area contributed by atoms with Crippen molar-refractivity contribution >= 4 is 0 Å². The van der Waals surface area contributed by atoms with Crippen LogP contribution in [0.2, 0.25) is 0 Å². The Morgan fingerprint density at radius 3 is 1.90 bits per heavy atom. The Hall–Kier alpha value is -0.260. The Balaban J connectivity index is 2.87. The average molecular weight is 138 g/mol. The van der Waals surface area contributed by atoms with E-state index in [-0.39, 0.29) is 0 Å². The molecule has 0 heteroatoms. The fraction of sp³-hybridized carbons (Fsp3) is 0.800. The summed E-state index contributed by atoms with van der Waals surface area (Å²) >= 11 is 0. The molecule has 0 radical (unpaired) electrons. The van der Waals surface area contributed by atoms with Gasteiger partial charge in [-0.2, -0.15) is 0 Å². The van der Waals surface area contributed by atoms with E-state index in [0.29, 0.717) is 5.41 Å². The molecule has 0 nitrogen and oxygen atoms in total. The van der Waals surface area contributed by atoms with E-state index in [4.69, 9.17) is 0 Å². The molecule has 1 aliphatic rings. The highest BCUT2D eigenvalue weighted by Gasteiger charge is 2.36. The van der Waals surface area contributed by atoms with Gasteiger partial charge in [-0.05, 0) is 24.2 Å². The van der Waals surface area contributed by atoms with Gasteiger partial charge >= 0.3 is 0 Å². The van der Waals surface area contributed by atoms with E-state index in [0.717, 1.165) is 11.8 Å². The summed E-state index contributed by atoms with van der Waals surface area (Å²) in [5.74, 6) is 1.52. The van der Waals surface area contributed by atoms with Gasteiger partial charge < -0.3 is 0 Å². The van der Waals surface area contributed by atoms with Crippen LogP contribution in [0.3, 0.4) is 0 Å². The molecule has 0 aromatic rings. The Labute approximate surface area is 64.3 Å². The van der Waals surface area contributed by atoms with Gasteiger partial charge in [0.25, 0.3) is 0 Å². The Kier molecular flexibility index (Phi) is 1.66. The van der Waals surface area contributed by atoms with Crippen molar-refractivity contribution in [3.8, 4) is 0 Å². The van der Waals surface area contributed by atoms with Crippen LogP contribution in [0.4, 0.5) is 0 Å². The van der Waals surface area contributed by atoms with E-state index in [1.165, 1.54) is 0 Å². The summed E-state index contributed by atoms with van der Waals surface area (Å²) in [6, 6.07) is 0. The van der Waals surface area contributed by atoms with Crippen molar-refractivity contribution in [3.05, 3.63) is 11.6 Å². The first kappa shape index (κ1) is 7.84. The molecule has 0 spiro atoms. The molecule has 0 heterocycles. The van der Waals surface area contributed by atoms with Gasteiger partial charge in [0.05, 0.1) is 0 Å². The molecule has 0 bridgehead atoms. The van der Waals surface area contributed by atoms with Crippen molar-refractivity contribution in [2.45, 2.75) is 34.6 Å². The first-order valence-corrected chi connectivity index (χ1v) is 4.14. The van der Waals surface area contributed by atoms with Crippen LogP contribution in [0.25, 0.3) is 0 Å². The van der Waals surface area contributed by atoms with Crippen LogP contribution in [0, 0.1) is 17.3 Å². The summed E-state index contributed by atoms with van der Waals surface area (Å²) in [6.07, 6.45) is 2.41. The number of hydrogen-bond acceptors (Lipinski definition) is 0. The van der Waals surface area contributed by atoms with Gasteiger partial charge in [-0.1, -0.05) is 39.3 Å². The van der Waals surface area contributed by atoms with Crippen LogP contribution < -0.4 is 0 Å². The maximum Gasteiger partial charge on any atom is -0.0177 e. The lowest BCUT2D eigenvalue weighted by Gasteiger charge is -2.29. The van der Waals surface area contributed by atoms with Crippen molar-refractivity contribution in [3.63, 3.8) is 0 Å². The fourth-order valence-corrected chi connectivity index (χ4v) is 1.73. The summed E-state index contributed by atoms with van der Waals surface area (Å²) in [4.78, 5) is 0. The van der Waals surface area contributed by atoms with Gasteiger partial charge in [0.15, 0.2) is 0 Å². The van der Waals surface area contributed by atoms with Gasteiger partial charge in [-0.3, -0.25) is 0 Å². The predicted octanol–water partition coefficient (Wildman–Crippen LogP) is 3.24. The van der Waals surface area contributed by atoms with E-state index < -0.39 is 0 Å². The predicted molar refractivity (Wildman–Crippen MR) is 45.9 cm³/mol. The van der Waals surface area contributed by atoms with Crippen molar-refractivity contribution in [2.75, 3.05) is 0 Å². The van der Waals surface area contributed by atoms with Crippen molar-refractivity contribution < 1.29 is 0 Å². The lowest BCUT2D eigenvalue weighted by atomic mass is 9.75. The monoisotopic (exact) mass is 138 g/mol. The highest BCUT2D eigenvalue weighted by molar-refractivity contribution is 5.17. The van der Waals surface area contributed by atoms with Gasteiger partial charge in [0, 0.05) is 0 Å². The molecular weight excluding hydrogens is 120 g/mol. The van der Waals surface area contributed by atoms with E-state index >= 15 is 0 Å². The molecule has 1 rings (SSSR count). The topological polar surface area (TPSA) is 0 Å². The van der Waals surface area contributed by atoms with Crippen LogP contribution in [-0.2, 0) is 0 Å². The third kappa shape index (κ3) is 0.902. The summed E-state index contributed by atoms with van der Waals surface area (Å²) < 4.78 is 0. The zero-order valence-electron chi connectivity index (χ0n) is 7.73. The molecule has 0 unspecified atom stereocenters. The Bertz CT molecular complexity index is 163. The van der Waals surface area contributed by atoms with Crippen molar-refractivity contribution in [1.29, 1.82) is 0 Å². The normalized spacial score (nSPS) is 37.9. The zero-order chi connectivity index (χ0) is 7.94. The molecule has 0 N–H and O–H groups in total. The fourth-order valence-electron chi connectivity index (χ4n) is 1.73. The average Bonchev–Trinajstić information content (AvgIpc) is 1.97. The summed E-state index contributed by atoms with van der Waals surface area (Å²) in [5.41, 5.74) is 2.06. The molecule has 0 aromatic carbocycles. The molecule has 0 aromatic heterocycles. The van der Waals surface area contributed by atoms with Gasteiger partial charge in [-0.15, -0.1) is 0 Å². The van der Waals surface area contributed by atoms with Crippen LogP contribution >= 0.6 is 0 Å². The quantitative estimate of drug-likeness (QED) is 0.451. The molecule has 10 heavy (non-hydrogen) atoms. The maximum absolute atomic E-state index is 2.41. The first-order valence-electron chi connectivity index (χ1n) is 4.14. The van der Waals surface area contributed by atoms with E-state index in [2.05, 4.69) is 40.7 Å². The van der Waals surface area contributed by atoms with Crippen molar-refractivity contribution in [1.82, 2.24) is 0 Å². The smallest absolute Gasteiger partial charge is 0.0177 e. The summed E-state index contributed by atoms with van der Waals surface area (Å²) in [6.45, 7) is 11.6. The van der Waals surface area contributed by atoms with E-state index in [1.54, 1.807) is 5.57 Å². The Morgan fingerprint density at radius 2 is 1.80 bits per heavy atom. The summed E-state index contributed by atoms with van der Waals surface area (Å²) in [7, 11) is 0. The molecular formula is C10H18. The highest BCUT2D eigenvalue weighted by atomic mass is 14.4. The maximum atomic E-state index is 2.41. The molecule has 0 amide bonds. The highest BCUT2D eigenvalue weighted by Crippen LogP contribution is 2.45. The number of allylic oxidation sites excluding steroid dienone is 2. The summed E-state index contributed by atoms with van der Waals surface area (Å²) in [5, 5.41) is 0. The van der Waals surface area contributed by atoms with Gasteiger partial charge in [0.1, 0.15) is 0 Å². The second-order valence-electron chi connectivity index (χ2n) is 4.24. The second-order valence-corrected chi connectivity index (χ2v) is 4.24. The number of rotatable bonds is 0. The van der Waals surface area contributed by atoms with Gasteiger partial charge in [-0.25, -0.2) is 0 Å². The molecule has 58 valence electrons. The minimum Gasteiger partial charge on any atom is -0.0819 e. The van der Waals surface area contributed by atoms with Crippen LogP contribution in [0.15, 0.2) is 11.6 Å². The third-order valence-corrected chi connectivity index (χ3v) is 3.49. The lowest BCUT2D eigenvalue weighted by molar-refractivity contribution is 0.226. The minimum atomic E-state index is 0.490. The molecule has 0 aliphatic heterocycles. The van der Waals surface area contributed by atoms with Crippen LogP contribution in [-0.4, -0.2) is 0 Å². The Morgan fingerprint density at radius 1 is 1.30 bits per heavy atom. The zero-order valence-corrected chi connectivity index (χ0v) is 7.73. The van der Waals surface area contributed by atoms with E-state index in [9.17, 15) is 0 Å². The largest absolute Gasteiger partial charge is 0.0819 e. The number of hydrogen-bond donors (Lipinski definition) is 0. The molecule has 0 fully saturated rings. The molecule has 0 saturated carbocycles. The minimum absolute atomic E-state index is 0.490.